The maximum atomic E-state index is 12.5. The standard InChI is InChI=1S/C11H20N2O2S2/c1-5-13(8(2)3)17(14,15)11-9(4)7-16-10(11)6-12/h7-8H,5-6,12H2,1-4H3. The van der Waals surface area contributed by atoms with Gasteiger partial charge in [-0.2, -0.15) is 4.31 Å². The molecular formula is C11H20N2O2S2. The highest BCUT2D eigenvalue weighted by Crippen LogP contribution is 2.29. The maximum Gasteiger partial charge on any atom is 0.244 e. The number of hydrogen-bond acceptors (Lipinski definition) is 4. The van der Waals surface area contributed by atoms with E-state index in [1.165, 1.54) is 15.6 Å². The molecule has 98 valence electrons. The van der Waals surface area contributed by atoms with Crippen LogP contribution in [0.25, 0.3) is 0 Å². The molecule has 0 bridgehead atoms. The van der Waals surface area contributed by atoms with Crippen LogP contribution in [0.4, 0.5) is 0 Å². The van der Waals surface area contributed by atoms with Crippen LogP contribution in [0.15, 0.2) is 10.3 Å². The van der Waals surface area contributed by atoms with Crippen LogP contribution >= 0.6 is 11.3 Å². The fraction of sp³-hybridized carbons (Fsp3) is 0.636. The minimum atomic E-state index is -3.42. The molecule has 1 rings (SSSR count). The van der Waals surface area contributed by atoms with Crippen molar-refractivity contribution < 1.29 is 8.42 Å². The number of nitrogens with two attached hydrogens (primary N) is 1. The van der Waals surface area contributed by atoms with Crippen molar-refractivity contribution in [2.45, 2.75) is 45.2 Å². The molecule has 6 heteroatoms. The van der Waals surface area contributed by atoms with Crippen molar-refractivity contribution in [1.29, 1.82) is 0 Å². The van der Waals surface area contributed by atoms with E-state index >= 15 is 0 Å². The molecule has 0 aliphatic rings. The van der Waals surface area contributed by atoms with E-state index in [1.54, 1.807) is 0 Å². The first-order valence-electron chi connectivity index (χ1n) is 5.65. The quantitative estimate of drug-likeness (QED) is 0.894. The Bertz CT molecular complexity index is 478. The van der Waals surface area contributed by atoms with Crippen LogP contribution in [0, 0.1) is 6.92 Å². The number of sulfonamides is 1. The van der Waals surface area contributed by atoms with Gasteiger partial charge in [0.2, 0.25) is 10.0 Å². The second-order valence-corrected chi connectivity index (χ2v) is 6.97. The lowest BCUT2D eigenvalue weighted by Gasteiger charge is -2.24. The minimum Gasteiger partial charge on any atom is -0.326 e. The van der Waals surface area contributed by atoms with Gasteiger partial charge in [-0.1, -0.05) is 6.92 Å². The van der Waals surface area contributed by atoms with E-state index in [1.807, 2.05) is 33.1 Å². The third-order valence-electron chi connectivity index (χ3n) is 2.63. The molecule has 0 saturated heterocycles. The van der Waals surface area contributed by atoms with Gasteiger partial charge in [0.1, 0.15) is 4.90 Å². The maximum absolute atomic E-state index is 12.5. The summed E-state index contributed by atoms with van der Waals surface area (Å²) in [7, 11) is -3.42. The van der Waals surface area contributed by atoms with Crippen LogP contribution in [0.3, 0.4) is 0 Å². The van der Waals surface area contributed by atoms with Gasteiger partial charge in [0.15, 0.2) is 0 Å². The van der Waals surface area contributed by atoms with Gasteiger partial charge in [0.05, 0.1) is 0 Å². The predicted molar refractivity (Wildman–Crippen MR) is 71.6 cm³/mol. The molecule has 1 aromatic rings. The summed E-state index contributed by atoms with van der Waals surface area (Å²) in [6.07, 6.45) is 0. The number of aryl methyl sites for hydroxylation is 1. The lowest BCUT2D eigenvalue weighted by Crippen LogP contribution is -2.37. The summed E-state index contributed by atoms with van der Waals surface area (Å²) in [6, 6.07) is -0.0464. The summed E-state index contributed by atoms with van der Waals surface area (Å²) in [5.41, 5.74) is 6.39. The van der Waals surface area contributed by atoms with Crippen LogP contribution < -0.4 is 5.73 Å². The Morgan fingerprint density at radius 1 is 1.47 bits per heavy atom. The monoisotopic (exact) mass is 276 g/mol. The second-order valence-electron chi connectivity index (χ2n) is 4.18. The predicted octanol–water partition coefficient (Wildman–Crippen LogP) is 1.93. The smallest absolute Gasteiger partial charge is 0.244 e. The van der Waals surface area contributed by atoms with Gasteiger partial charge in [-0.05, 0) is 31.7 Å². The highest BCUT2D eigenvalue weighted by molar-refractivity contribution is 7.89. The van der Waals surface area contributed by atoms with E-state index in [2.05, 4.69) is 0 Å². The van der Waals surface area contributed by atoms with Gasteiger partial charge < -0.3 is 5.73 Å². The first kappa shape index (κ1) is 14.6. The molecule has 0 atom stereocenters. The van der Waals surface area contributed by atoms with E-state index in [4.69, 9.17) is 5.73 Å². The highest BCUT2D eigenvalue weighted by Gasteiger charge is 2.30. The largest absolute Gasteiger partial charge is 0.326 e. The van der Waals surface area contributed by atoms with Gasteiger partial charge in [0.25, 0.3) is 0 Å². The van der Waals surface area contributed by atoms with Crippen LogP contribution in [0.1, 0.15) is 31.2 Å². The molecular weight excluding hydrogens is 256 g/mol. The van der Waals surface area contributed by atoms with Gasteiger partial charge in [-0.3, -0.25) is 0 Å². The summed E-state index contributed by atoms with van der Waals surface area (Å²) < 4.78 is 26.6. The van der Waals surface area contributed by atoms with Gasteiger partial charge in [-0.15, -0.1) is 11.3 Å². The lowest BCUT2D eigenvalue weighted by molar-refractivity contribution is 0.369. The SMILES string of the molecule is CCN(C(C)C)S(=O)(=O)c1c(C)csc1CN. The average molecular weight is 276 g/mol. The molecule has 4 nitrogen and oxygen atoms in total. The van der Waals surface area contributed by atoms with Gasteiger partial charge in [0, 0.05) is 24.0 Å². The number of rotatable bonds is 5. The first-order chi connectivity index (χ1) is 7.86. The van der Waals surface area contributed by atoms with Crippen LogP contribution in [-0.2, 0) is 16.6 Å². The Kier molecular flexibility index (Phi) is 4.71. The Morgan fingerprint density at radius 3 is 2.47 bits per heavy atom. The van der Waals surface area contributed by atoms with Crippen molar-refractivity contribution in [1.82, 2.24) is 4.31 Å². The molecule has 0 aliphatic carbocycles. The zero-order valence-electron chi connectivity index (χ0n) is 10.7. The van der Waals surface area contributed by atoms with E-state index in [0.29, 0.717) is 11.4 Å². The first-order valence-corrected chi connectivity index (χ1v) is 7.97. The Balaban J connectivity index is 3.34. The van der Waals surface area contributed by atoms with Crippen LogP contribution in [0.2, 0.25) is 0 Å². The van der Waals surface area contributed by atoms with Crippen LogP contribution in [-0.4, -0.2) is 25.3 Å². The summed E-state index contributed by atoms with van der Waals surface area (Å²) in [5, 5.41) is 1.85. The normalized spacial score (nSPS) is 12.6. The van der Waals surface area contributed by atoms with E-state index in [-0.39, 0.29) is 12.6 Å². The fourth-order valence-electron chi connectivity index (χ4n) is 1.90. The number of thiophene rings is 1. The number of hydrogen-bond donors (Lipinski definition) is 1. The molecule has 1 heterocycles. The van der Waals surface area contributed by atoms with E-state index in [0.717, 1.165) is 10.4 Å². The zero-order valence-corrected chi connectivity index (χ0v) is 12.4. The Labute approximate surface area is 107 Å². The summed E-state index contributed by atoms with van der Waals surface area (Å²) >= 11 is 1.41. The molecule has 0 fully saturated rings. The fourth-order valence-corrected chi connectivity index (χ4v) is 5.21. The topological polar surface area (TPSA) is 63.4 Å². The van der Waals surface area contributed by atoms with Crippen molar-refractivity contribution in [3.05, 3.63) is 15.8 Å². The zero-order chi connectivity index (χ0) is 13.2. The molecule has 17 heavy (non-hydrogen) atoms. The summed E-state index contributed by atoms with van der Waals surface area (Å²) in [5.74, 6) is 0. The third kappa shape index (κ3) is 2.70. The van der Waals surface area contributed by atoms with Crippen molar-refractivity contribution >= 4 is 21.4 Å². The van der Waals surface area contributed by atoms with E-state index < -0.39 is 10.0 Å². The van der Waals surface area contributed by atoms with Crippen molar-refractivity contribution in [2.75, 3.05) is 6.54 Å². The molecule has 0 radical (unpaired) electrons. The molecule has 1 aromatic heterocycles. The lowest BCUT2D eigenvalue weighted by atomic mass is 10.3. The van der Waals surface area contributed by atoms with Crippen molar-refractivity contribution in [3.8, 4) is 0 Å². The molecule has 0 unspecified atom stereocenters. The minimum absolute atomic E-state index is 0.0464. The molecule has 0 aliphatic heterocycles. The molecule has 0 spiro atoms. The summed E-state index contributed by atoms with van der Waals surface area (Å²) in [6.45, 7) is 8.16. The second kappa shape index (κ2) is 5.48. The van der Waals surface area contributed by atoms with E-state index in [9.17, 15) is 8.42 Å². The van der Waals surface area contributed by atoms with Crippen LogP contribution in [0.5, 0.6) is 0 Å². The Hall–Kier alpha value is -0.430. The highest BCUT2D eigenvalue weighted by atomic mass is 32.2. The summed E-state index contributed by atoms with van der Waals surface area (Å²) in [4.78, 5) is 1.14. The molecule has 2 N–H and O–H groups in total. The third-order valence-corrected chi connectivity index (χ3v) is 6.27. The number of nitrogens with zero attached hydrogens (tertiary/aromatic N) is 1. The molecule has 0 amide bonds. The average Bonchev–Trinajstić information content (AvgIpc) is 2.59. The van der Waals surface area contributed by atoms with Gasteiger partial charge >= 0.3 is 0 Å². The van der Waals surface area contributed by atoms with Gasteiger partial charge in [-0.25, -0.2) is 8.42 Å². The molecule has 0 aromatic carbocycles. The Morgan fingerprint density at radius 2 is 2.06 bits per heavy atom. The molecule has 0 saturated carbocycles. The van der Waals surface area contributed by atoms with Crippen molar-refractivity contribution in [3.63, 3.8) is 0 Å². The van der Waals surface area contributed by atoms with Crippen molar-refractivity contribution in [2.24, 2.45) is 5.73 Å².